The van der Waals surface area contributed by atoms with E-state index in [-0.39, 0.29) is 24.0 Å². The minimum Gasteiger partial charge on any atom is -0.469 e. The molecule has 0 atom stereocenters. The zero-order valence-corrected chi connectivity index (χ0v) is 13.9. The van der Waals surface area contributed by atoms with E-state index >= 15 is 0 Å². The van der Waals surface area contributed by atoms with Crippen molar-refractivity contribution in [2.45, 2.75) is 45.1 Å². The predicted molar refractivity (Wildman–Crippen MR) is 89.2 cm³/mol. The number of nitrogens with one attached hydrogen (secondary N) is 2. The molecule has 1 aliphatic carbocycles. The summed E-state index contributed by atoms with van der Waals surface area (Å²) >= 11 is 0. The Balaban J connectivity index is 0.00000180. The van der Waals surface area contributed by atoms with Crippen LogP contribution < -0.4 is 10.6 Å². The molecule has 1 aliphatic rings. The average Bonchev–Trinajstić information content (AvgIpc) is 3.02. The Bertz CT molecular complexity index is 359. The van der Waals surface area contributed by atoms with Crippen LogP contribution in [0.3, 0.4) is 0 Å². The van der Waals surface area contributed by atoms with E-state index in [1.807, 2.05) is 12.1 Å². The lowest BCUT2D eigenvalue weighted by Gasteiger charge is -2.16. The highest BCUT2D eigenvalue weighted by Crippen LogP contribution is 2.17. The first-order chi connectivity index (χ1) is 8.88. The maximum atomic E-state index is 5.30. The van der Waals surface area contributed by atoms with E-state index in [1.165, 1.54) is 25.7 Å². The van der Waals surface area contributed by atoms with Gasteiger partial charge in [0.1, 0.15) is 5.76 Å². The van der Waals surface area contributed by atoms with Crippen LogP contribution in [0.25, 0.3) is 0 Å². The third-order valence-corrected chi connectivity index (χ3v) is 3.25. The van der Waals surface area contributed by atoms with Gasteiger partial charge in [0.2, 0.25) is 0 Å². The van der Waals surface area contributed by atoms with Gasteiger partial charge in [0.25, 0.3) is 0 Å². The minimum absolute atomic E-state index is 0. The quantitative estimate of drug-likeness (QED) is 0.471. The standard InChI is InChI=1S/C14H23N3O.HI/c1-2-15-14(17-12-6-3-4-7-12)16-10-9-13-8-5-11-18-13;/h5,8,11-12H,2-4,6-7,9-10H2,1H3,(H2,15,16,17);1H. The van der Waals surface area contributed by atoms with E-state index in [1.54, 1.807) is 6.26 Å². The summed E-state index contributed by atoms with van der Waals surface area (Å²) in [6.07, 6.45) is 7.77. The molecular formula is C14H24IN3O. The van der Waals surface area contributed by atoms with Crippen molar-refractivity contribution in [1.82, 2.24) is 10.6 Å². The van der Waals surface area contributed by atoms with Gasteiger partial charge in [-0.05, 0) is 31.9 Å². The zero-order chi connectivity index (χ0) is 12.6. The maximum absolute atomic E-state index is 5.30. The van der Waals surface area contributed by atoms with Crippen molar-refractivity contribution in [3.05, 3.63) is 24.2 Å². The van der Waals surface area contributed by atoms with Gasteiger partial charge in [-0.15, -0.1) is 24.0 Å². The minimum atomic E-state index is 0. The highest BCUT2D eigenvalue weighted by molar-refractivity contribution is 14.0. The molecule has 1 saturated carbocycles. The van der Waals surface area contributed by atoms with Crippen molar-refractivity contribution in [1.29, 1.82) is 0 Å². The number of hydrogen-bond acceptors (Lipinski definition) is 2. The van der Waals surface area contributed by atoms with Gasteiger partial charge in [0.05, 0.1) is 6.26 Å². The molecule has 4 nitrogen and oxygen atoms in total. The van der Waals surface area contributed by atoms with E-state index in [9.17, 15) is 0 Å². The molecule has 5 heteroatoms. The topological polar surface area (TPSA) is 49.6 Å². The lowest BCUT2D eigenvalue weighted by atomic mass is 10.2. The summed E-state index contributed by atoms with van der Waals surface area (Å²) in [6, 6.07) is 4.51. The highest BCUT2D eigenvalue weighted by atomic mass is 127. The molecule has 2 N–H and O–H groups in total. The Morgan fingerprint density at radius 2 is 2.21 bits per heavy atom. The molecule has 108 valence electrons. The highest BCUT2D eigenvalue weighted by Gasteiger charge is 2.15. The van der Waals surface area contributed by atoms with Gasteiger partial charge < -0.3 is 15.1 Å². The lowest BCUT2D eigenvalue weighted by molar-refractivity contribution is 0.510. The van der Waals surface area contributed by atoms with Crippen LogP contribution in [0, 0.1) is 0 Å². The number of furan rings is 1. The van der Waals surface area contributed by atoms with Crippen molar-refractivity contribution in [2.24, 2.45) is 4.99 Å². The van der Waals surface area contributed by atoms with E-state index in [0.717, 1.165) is 31.2 Å². The van der Waals surface area contributed by atoms with E-state index in [0.29, 0.717) is 6.04 Å². The molecule has 0 amide bonds. The fourth-order valence-electron chi connectivity index (χ4n) is 2.32. The third kappa shape index (κ3) is 5.84. The Morgan fingerprint density at radius 3 is 2.84 bits per heavy atom. The van der Waals surface area contributed by atoms with Crippen molar-refractivity contribution in [3.63, 3.8) is 0 Å². The van der Waals surface area contributed by atoms with Crippen molar-refractivity contribution < 1.29 is 4.42 Å². The van der Waals surface area contributed by atoms with Crippen molar-refractivity contribution in [3.8, 4) is 0 Å². The molecule has 2 rings (SSSR count). The van der Waals surface area contributed by atoms with Crippen LogP contribution in [0.5, 0.6) is 0 Å². The second-order valence-corrected chi connectivity index (χ2v) is 4.72. The maximum Gasteiger partial charge on any atom is 0.191 e. The summed E-state index contributed by atoms with van der Waals surface area (Å²) in [5, 5.41) is 6.80. The first kappa shape index (κ1) is 16.3. The monoisotopic (exact) mass is 377 g/mol. The molecule has 0 saturated heterocycles. The second-order valence-electron chi connectivity index (χ2n) is 4.72. The summed E-state index contributed by atoms with van der Waals surface area (Å²) in [4.78, 5) is 4.59. The van der Waals surface area contributed by atoms with Crippen LogP contribution in [0.4, 0.5) is 0 Å². The van der Waals surface area contributed by atoms with Crippen molar-refractivity contribution in [2.75, 3.05) is 13.1 Å². The molecule has 0 radical (unpaired) electrons. The van der Waals surface area contributed by atoms with Crippen LogP contribution in [0.2, 0.25) is 0 Å². The molecule has 0 aromatic carbocycles. The fraction of sp³-hybridized carbons (Fsp3) is 0.643. The average molecular weight is 377 g/mol. The number of aliphatic imine (C=N–C) groups is 1. The number of hydrogen-bond donors (Lipinski definition) is 2. The van der Waals surface area contributed by atoms with Crippen LogP contribution in [-0.4, -0.2) is 25.1 Å². The number of halogens is 1. The summed E-state index contributed by atoms with van der Waals surface area (Å²) in [5.41, 5.74) is 0. The van der Waals surface area contributed by atoms with Gasteiger partial charge in [-0.3, -0.25) is 4.99 Å². The summed E-state index contributed by atoms with van der Waals surface area (Å²) in [5.74, 6) is 1.94. The van der Waals surface area contributed by atoms with Gasteiger partial charge in [-0.1, -0.05) is 12.8 Å². The normalized spacial score (nSPS) is 16.2. The van der Waals surface area contributed by atoms with Crippen LogP contribution in [0.15, 0.2) is 27.8 Å². The molecule has 19 heavy (non-hydrogen) atoms. The van der Waals surface area contributed by atoms with Crippen molar-refractivity contribution >= 4 is 29.9 Å². The molecule has 0 unspecified atom stereocenters. The number of nitrogens with zero attached hydrogens (tertiary/aromatic N) is 1. The molecule has 0 spiro atoms. The van der Waals surface area contributed by atoms with Gasteiger partial charge in [-0.25, -0.2) is 0 Å². The van der Waals surface area contributed by atoms with Crippen LogP contribution in [0.1, 0.15) is 38.4 Å². The smallest absolute Gasteiger partial charge is 0.191 e. The Morgan fingerprint density at radius 1 is 1.42 bits per heavy atom. The largest absolute Gasteiger partial charge is 0.469 e. The third-order valence-electron chi connectivity index (χ3n) is 3.25. The van der Waals surface area contributed by atoms with Gasteiger partial charge in [0.15, 0.2) is 5.96 Å². The first-order valence-corrected chi connectivity index (χ1v) is 6.95. The summed E-state index contributed by atoms with van der Waals surface area (Å²) < 4.78 is 5.30. The SMILES string of the molecule is CCNC(=NCCc1ccco1)NC1CCCC1.I. The van der Waals surface area contributed by atoms with Crippen LogP contribution in [-0.2, 0) is 6.42 Å². The molecule has 1 aromatic rings. The Labute approximate surface area is 132 Å². The number of rotatable bonds is 5. The van der Waals surface area contributed by atoms with Gasteiger partial charge >= 0.3 is 0 Å². The first-order valence-electron chi connectivity index (χ1n) is 6.95. The van der Waals surface area contributed by atoms with E-state index in [4.69, 9.17) is 4.42 Å². The zero-order valence-electron chi connectivity index (χ0n) is 11.5. The van der Waals surface area contributed by atoms with Gasteiger partial charge in [0, 0.05) is 25.6 Å². The summed E-state index contributed by atoms with van der Waals surface area (Å²) in [6.45, 7) is 3.76. The molecule has 0 bridgehead atoms. The van der Waals surface area contributed by atoms with Gasteiger partial charge in [-0.2, -0.15) is 0 Å². The fourth-order valence-corrected chi connectivity index (χ4v) is 2.32. The molecule has 1 heterocycles. The Hall–Kier alpha value is -0.720. The van der Waals surface area contributed by atoms with Crippen LogP contribution >= 0.6 is 24.0 Å². The Kier molecular flexibility index (Phi) is 7.93. The molecule has 0 aliphatic heterocycles. The second kappa shape index (κ2) is 9.23. The lowest BCUT2D eigenvalue weighted by Crippen LogP contribution is -2.42. The molecular weight excluding hydrogens is 353 g/mol. The molecule has 1 aromatic heterocycles. The summed E-state index contributed by atoms with van der Waals surface area (Å²) in [7, 11) is 0. The molecule has 1 fully saturated rings. The van der Waals surface area contributed by atoms with E-state index < -0.39 is 0 Å². The van der Waals surface area contributed by atoms with E-state index in [2.05, 4.69) is 22.5 Å². The number of guanidine groups is 1. The predicted octanol–water partition coefficient (Wildman–Crippen LogP) is 2.94.